The number of primary sulfonamides is 1. The number of hydrogen-bond acceptors (Lipinski definition) is 6. The molecule has 100 valence electrons. The molecule has 0 aliphatic carbocycles. The van der Waals surface area contributed by atoms with Crippen LogP contribution in [0.5, 0.6) is 0 Å². The molecule has 9 heteroatoms. The molecule has 18 heavy (non-hydrogen) atoms. The predicted octanol–water partition coefficient (Wildman–Crippen LogP) is -1.16. The van der Waals surface area contributed by atoms with Crippen LogP contribution in [0.1, 0.15) is 6.42 Å². The Morgan fingerprint density at radius 1 is 1.39 bits per heavy atom. The molecule has 0 aromatic carbocycles. The summed E-state index contributed by atoms with van der Waals surface area (Å²) in [5, 5.41) is 13.8. The zero-order valence-electron chi connectivity index (χ0n) is 9.40. The number of anilines is 1. The van der Waals surface area contributed by atoms with Crippen molar-refractivity contribution in [1.82, 2.24) is 9.97 Å². The van der Waals surface area contributed by atoms with Gasteiger partial charge in [0.25, 0.3) is 0 Å². The number of aromatic nitrogens is 2. The third-order valence-corrected chi connectivity index (χ3v) is 4.02. The van der Waals surface area contributed by atoms with Crippen molar-refractivity contribution >= 4 is 16.0 Å². The van der Waals surface area contributed by atoms with Crippen molar-refractivity contribution < 1.29 is 17.9 Å². The number of halogens is 1. The quantitative estimate of drug-likeness (QED) is 0.705. The van der Waals surface area contributed by atoms with Gasteiger partial charge >= 0.3 is 0 Å². The topological polar surface area (TPSA) is 109 Å². The fraction of sp³-hybridized carbons (Fsp3) is 0.556. The second kappa shape index (κ2) is 4.75. The minimum atomic E-state index is -3.74. The number of sulfonamides is 1. The van der Waals surface area contributed by atoms with Crippen LogP contribution in [0.4, 0.5) is 10.3 Å². The number of aliphatic hydroxyl groups is 1. The molecule has 0 bridgehead atoms. The molecule has 0 amide bonds. The highest BCUT2D eigenvalue weighted by Gasteiger charge is 2.33. The molecular weight excluding hydrogens is 263 g/mol. The fourth-order valence-corrected chi connectivity index (χ4v) is 2.78. The van der Waals surface area contributed by atoms with E-state index in [1.54, 1.807) is 0 Å². The van der Waals surface area contributed by atoms with Crippen LogP contribution >= 0.6 is 0 Å². The van der Waals surface area contributed by atoms with Crippen LogP contribution < -0.4 is 10.0 Å². The number of β-amino-alcohol motifs (C(OH)–C–C–N with tert-alkyl or cyclic N) is 1. The molecule has 1 fully saturated rings. The smallest absolute Gasteiger partial charge is 0.225 e. The summed E-state index contributed by atoms with van der Waals surface area (Å²) in [6, 6.07) is 0. The van der Waals surface area contributed by atoms with E-state index >= 15 is 0 Å². The van der Waals surface area contributed by atoms with Gasteiger partial charge in [0.2, 0.25) is 16.0 Å². The number of nitrogens with zero attached hydrogens (tertiary/aromatic N) is 3. The molecule has 1 aliphatic heterocycles. The Labute approximate surface area is 104 Å². The first kappa shape index (κ1) is 13.1. The lowest BCUT2D eigenvalue weighted by Gasteiger charge is -2.34. The van der Waals surface area contributed by atoms with E-state index in [9.17, 15) is 17.9 Å². The summed E-state index contributed by atoms with van der Waals surface area (Å²) >= 11 is 0. The largest absolute Gasteiger partial charge is 0.391 e. The molecule has 1 aliphatic rings. The highest BCUT2D eigenvalue weighted by Crippen LogP contribution is 2.19. The number of aliphatic hydroxyl groups excluding tert-OH is 1. The van der Waals surface area contributed by atoms with E-state index in [1.807, 2.05) is 0 Å². The normalized spacial score (nSPS) is 25.2. The summed E-state index contributed by atoms with van der Waals surface area (Å²) in [6.07, 6.45) is 1.21. The van der Waals surface area contributed by atoms with Crippen molar-refractivity contribution in [3.63, 3.8) is 0 Å². The number of piperidine rings is 1. The molecule has 2 unspecified atom stereocenters. The van der Waals surface area contributed by atoms with Crippen molar-refractivity contribution in [3.8, 4) is 0 Å². The highest BCUT2D eigenvalue weighted by molar-refractivity contribution is 7.89. The molecule has 1 aromatic heterocycles. The van der Waals surface area contributed by atoms with E-state index in [-0.39, 0.29) is 25.5 Å². The summed E-state index contributed by atoms with van der Waals surface area (Å²) in [4.78, 5) is 8.97. The molecule has 0 radical (unpaired) electrons. The summed E-state index contributed by atoms with van der Waals surface area (Å²) in [5.74, 6) is -0.414. The third kappa shape index (κ3) is 2.92. The zero-order chi connectivity index (χ0) is 13.3. The highest BCUT2D eigenvalue weighted by atomic mass is 32.2. The van der Waals surface area contributed by atoms with Gasteiger partial charge in [0.05, 0.1) is 23.7 Å². The summed E-state index contributed by atoms with van der Waals surface area (Å²) in [6.45, 7) is 0.277. The minimum absolute atomic E-state index is 0.0799. The van der Waals surface area contributed by atoms with Gasteiger partial charge in [-0.25, -0.2) is 27.9 Å². The Bertz CT molecular complexity index is 521. The van der Waals surface area contributed by atoms with Gasteiger partial charge < -0.3 is 10.0 Å². The lowest BCUT2D eigenvalue weighted by Crippen LogP contribution is -2.50. The second-order valence-electron chi connectivity index (χ2n) is 4.21. The van der Waals surface area contributed by atoms with Crippen molar-refractivity contribution in [2.45, 2.75) is 17.8 Å². The first-order chi connectivity index (χ1) is 8.36. The SMILES string of the molecule is NS(=O)(=O)C1CC(O)CN(c2ncc(F)cn2)C1. The third-order valence-electron chi connectivity index (χ3n) is 2.74. The molecule has 1 saturated heterocycles. The van der Waals surface area contributed by atoms with Gasteiger partial charge in [-0.05, 0) is 6.42 Å². The van der Waals surface area contributed by atoms with E-state index in [2.05, 4.69) is 9.97 Å². The summed E-state index contributed by atoms with van der Waals surface area (Å²) in [7, 11) is -3.74. The van der Waals surface area contributed by atoms with E-state index in [1.165, 1.54) is 4.90 Å². The van der Waals surface area contributed by atoms with Gasteiger partial charge in [0, 0.05) is 13.1 Å². The van der Waals surface area contributed by atoms with E-state index < -0.39 is 27.2 Å². The van der Waals surface area contributed by atoms with Crippen LogP contribution in [0, 0.1) is 5.82 Å². The zero-order valence-corrected chi connectivity index (χ0v) is 10.2. The second-order valence-corrected chi connectivity index (χ2v) is 6.05. The number of rotatable bonds is 2. The first-order valence-corrected chi connectivity index (χ1v) is 6.89. The molecule has 0 saturated carbocycles. The van der Waals surface area contributed by atoms with Crippen molar-refractivity contribution in [2.75, 3.05) is 18.0 Å². The van der Waals surface area contributed by atoms with Gasteiger partial charge in [-0.1, -0.05) is 0 Å². The maximum atomic E-state index is 12.7. The Balaban J connectivity index is 2.21. The van der Waals surface area contributed by atoms with Gasteiger partial charge in [-0.3, -0.25) is 0 Å². The Morgan fingerprint density at radius 3 is 2.56 bits per heavy atom. The molecule has 2 rings (SSSR count). The Kier molecular flexibility index (Phi) is 3.46. The maximum absolute atomic E-state index is 12.7. The van der Waals surface area contributed by atoms with Crippen LogP contribution in [0.2, 0.25) is 0 Å². The molecule has 2 heterocycles. The molecule has 1 aromatic rings. The van der Waals surface area contributed by atoms with E-state index in [0.29, 0.717) is 0 Å². The number of nitrogens with two attached hydrogens (primary N) is 1. The maximum Gasteiger partial charge on any atom is 0.225 e. The van der Waals surface area contributed by atoms with Gasteiger partial charge in [-0.2, -0.15) is 0 Å². The van der Waals surface area contributed by atoms with Crippen LogP contribution in [-0.4, -0.2) is 47.9 Å². The van der Waals surface area contributed by atoms with Gasteiger partial charge in [0.1, 0.15) is 0 Å². The lowest BCUT2D eigenvalue weighted by atomic mass is 10.1. The average molecular weight is 276 g/mol. The Hall–Kier alpha value is -1.32. The first-order valence-electron chi connectivity index (χ1n) is 5.28. The average Bonchev–Trinajstić information content (AvgIpc) is 2.28. The van der Waals surface area contributed by atoms with Crippen molar-refractivity contribution in [3.05, 3.63) is 18.2 Å². The molecule has 7 nitrogen and oxygen atoms in total. The van der Waals surface area contributed by atoms with Crippen LogP contribution in [0.15, 0.2) is 12.4 Å². The van der Waals surface area contributed by atoms with Crippen molar-refractivity contribution in [1.29, 1.82) is 0 Å². The van der Waals surface area contributed by atoms with Crippen LogP contribution in [0.25, 0.3) is 0 Å². The van der Waals surface area contributed by atoms with Gasteiger partial charge in [-0.15, -0.1) is 0 Å². The minimum Gasteiger partial charge on any atom is -0.391 e. The molecule has 3 N–H and O–H groups in total. The Morgan fingerprint density at radius 2 is 2.00 bits per heavy atom. The van der Waals surface area contributed by atoms with E-state index in [4.69, 9.17) is 5.14 Å². The van der Waals surface area contributed by atoms with Crippen LogP contribution in [-0.2, 0) is 10.0 Å². The predicted molar refractivity (Wildman–Crippen MR) is 61.7 cm³/mol. The van der Waals surface area contributed by atoms with Gasteiger partial charge in [0.15, 0.2) is 5.82 Å². The summed E-state index contributed by atoms with van der Waals surface area (Å²) < 4.78 is 35.3. The molecule has 2 atom stereocenters. The standard InChI is InChI=1S/C9H13FN4O3S/c10-6-2-12-9(13-3-6)14-4-7(15)1-8(5-14)18(11,16)17/h2-3,7-8,15H,1,4-5H2,(H2,11,16,17). The monoisotopic (exact) mass is 276 g/mol. The molecular formula is C9H13FN4O3S. The van der Waals surface area contributed by atoms with Crippen molar-refractivity contribution in [2.24, 2.45) is 5.14 Å². The van der Waals surface area contributed by atoms with Crippen LogP contribution in [0.3, 0.4) is 0 Å². The number of hydrogen-bond donors (Lipinski definition) is 2. The molecule has 0 spiro atoms. The lowest BCUT2D eigenvalue weighted by molar-refractivity contribution is 0.154. The fourth-order valence-electron chi connectivity index (χ4n) is 1.90. The van der Waals surface area contributed by atoms with E-state index in [0.717, 1.165) is 12.4 Å². The summed E-state index contributed by atoms with van der Waals surface area (Å²) in [5.41, 5.74) is 0.